The van der Waals surface area contributed by atoms with E-state index in [0.29, 0.717) is 0 Å². The highest BCUT2D eigenvalue weighted by Gasteiger charge is 2.21. The molecular formula is C18H21NS. The molecule has 1 saturated carbocycles. The van der Waals surface area contributed by atoms with E-state index >= 15 is 0 Å². The van der Waals surface area contributed by atoms with Crippen molar-refractivity contribution >= 4 is 11.3 Å². The minimum atomic E-state index is 0.0565. The Morgan fingerprint density at radius 1 is 1.05 bits per heavy atom. The summed E-state index contributed by atoms with van der Waals surface area (Å²) >= 11 is 1.93. The molecule has 4 rings (SSSR count). The number of rotatable bonds is 3. The summed E-state index contributed by atoms with van der Waals surface area (Å²) in [6, 6.07) is 11.5. The Bertz CT molecular complexity index is 585. The molecule has 0 aliphatic heterocycles. The van der Waals surface area contributed by atoms with E-state index in [1.807, 2.05) is 11.3 Å². The molecule has 1 fully saturated rings. The fourth-order valence-corrected chi connectivity index (χ4v) is 4.67. The summed E-state index contributed by atoms with van der Waals surface area (Å²) in [4.78, 5) is 2.91. The molecule has 1 unspecified atom stereocenters. The van der Waals surface area contributed by atoms with Crippen LogP contribution in [0.5, 0.6) is 0 Å². The second-order valence-electron chi connectivity index (χ2n) is 6.22. The summed E-state index contributed by atoms with van der Waals surface area (Å²) in [5.41, 5.74) is 10.8. The molecule has 2 aromatic rings. The minimum Gasteiger partial charge on any atom is -0.320 e. The maximum Gasteiger partial charge on any atom is 0.0646 e. The molecule has 1 aromatic heterocycles. The molecule has 2 aliphatic rings. The quantitative estimate of drug-likeness (QED) is 0.878. The predicted molar refractivity (Wildman–Crippen MR) is 85.4 cm³/mol. The van der Waals surface area contributed by atoms with Crippen LogP contribution in [0.15, 0.2) is 30.3 Å². The molecule has 20 heavy (non-hydrogen) atoms. The van der Waals surface area contributed by atoms with Gasteiger partial charge in [0.2, 0.25) is 0 Å². The van der Waals surface area contributed by atoms with Gasteiger partial charge in [0.1, 0.15) is 0 Å². The third-order valence-corrected chi connectivity index (χ3v) is 6.26. The molecule has 1 heterocycles. The zero-order valence-electron chi connectivity index (χ0n) is 11.8. The lowest BCUT2D eigenvalue weighted by atomic mass is 9.80. The summed E-state index contributed by atoms with van der Waals surface area (Å²) in [5.74, 6) is 0.811. The van der Waals surface area contributed by atoms with E-state index in [-0.39, 0.29) is 6.04 Å². The average Bonchev–Trinajstić information content (AvgIpc) is 2.97. The van der Waals surface area contributed by atoms with Gasteiger partial charge in [0.25, 0.3) is 0 Å². The van der Waals surface area contributed by atoms with Crippen molar-refractivity contribution in [2.45, 2.75) is 50.5 Å². The first-order chi connectivity index (χ1) is 9.81. The molecular weight excluding hydrogens is 262 g/mol. The maximum atomic E-state index is 6.46. The van der Waals surface area contributed by atoms with Crippen LogP contribution < -0.4 is 5.73 Å². The lowest BCUT2D eigenvalue weighted by Crippen LogP contribution is -2.12. The molecule has 2 aliphatic carbocycles. The SMILES string of the molecule is NC(c1ccc(C2CCC2)cc1)c1cc2c(s1)CCC2. The first-order valence-corrected chi connectivity index (χ1v) is 8.60. The van der Waals surface area contributed by atoms with Crippen molar-refractivity contribution in [3.63, 3.8) is 0 Å². The van der Waals surface area contributed by atoms with Crippen molar-refractivity contribution in [3.05, 3.63) is 56.8 Å². The molecule has 2 N–H and O–H groups in total. The van der Waals surface area contributed by atoms with E-state index in [2.05, 4.69) is 30.3 Å². The van der Waals surface area contributed by atoms with Gasteiger partial charge in [0.05, 0.1) is 6.04 Å². The molecule has 0 spiro atoms. The van der Waals surface area contributed by atoms with Gasteiger partial charge in [-0.05, 0) is 60.8 Å². The monoisotopic (exact) mass is 283 g/mol. The topological polar surface area (TPSA) is 26.0 Å². The van der Waals surface area contributed by atoms with Crippen LogP contribution in [-0.2, 0) is 12.8 Å². The van der Waals surface area contributed by atoms with Crippen LogP contribution in [0.4, 0.5) is 0 Å². The average molecular weight is 283 g/mol. The van der Waals surface area contributed by atoms with Crippen molar-refractivity contribution in [2.75, 3.05) is 0 Å². The molecule has 0 amide bonds. The molecule has 1 aromatic carbocycles. The van der Waals surface area contributed by atoms with Crippen molar-refractivity contribution in [1.82, 2.24) is 0 Å². The smallest absolute Gasteiger partial charge is 0.0646 e. The van der Waals surface area contributed by atoms with E-state index in [9.17, 15) is 0 Å². The maximum absolute atomic E-state index is 6.46. The zero-order valence-corrected chi connectivity index (χ0v) is 12.6. The van der Waals surface area contributed by atoms with E-state index in [1.54, 1.807) is 10.4 Å². The summed E-state index contributed by atoms with van der Waals surface area (Å²) in [6.45, 7) is 0. The van der Waals surface area contributed by atoms with Gasteiger partial charge in [-0.25, -0.2) is 0 Å². The third-order valence-electron chi connectivity index (χ3n) is 4.94. The van der Waals surface area contributed by atoms with Gasteiger partial charge in [0.15, 0.2) is 0 Å². The standard InChI is InChI=1S/C18H21NS/c19-18(17-11-15-5-2-6-16(15)20-17)14-9-7-13(8-10-14)12-3-1-4-12/h7-12,18H,1-6,19H2. The summed E-state index contributed by atoms with van der Waals surface area (Å²) in [6.07, 6.45) is 7.96. The Morgan fingerprint density at radius 2 is 1.85 bits per heavy atom. The predicted octanol–water partition coefficient (Wildman–Crippen LogP) is 4.55. The molecule has 1 atom stereocenters. The van der Waals surface area contributed by atoms with Crippen LogP contribution in [-0.4, -0.2) is 0 Å². The Labute approximate surface area is 124 Å². The van der Waals surface area contributed by atoms with Crippen molar-refractivity contribution < 1.29 is 0 Å². The molecule has 2 heteroatoms. The Morgan fingerprint density at radius 3 is 2.50 bits per heavy atom. The fourth-order valence-electron chi connectivity index (χ4n) is 3.39. The van der Waals surface area contributed by atoms with Crippen molar-refractivity contribution in [2.24, 2.45) is 5.73 Å². The summed E-state index contributed by atoms with van der Waals surface area (Å²) in [7, 11) is 0. The Balaban J connectivity index is 1.56. The van der Waals surface area contributed by atoms with Gasteiger partial charge in [-0.1, -0.05) is 30.7 Å². The molecule has 0 bridgehead atoms. The van der Waals surface area contributed by atoms with Gasteiger partial charge in [-0.3, -0.25) is 0 Å². The highest BCUT2D eigenvalue weighted by molar-refractivity contribution is 7.12. The van der Waals surface area contributed by atoms with Crippen LogP contribution in [0.2, 0.25) is 0 Å². The van der Waals surface area contributed by atoms with Gasteiger partial charge >= 0.3 is 0 Å². The Hall–Kier alpha value is -1.12. The van der Waals surface area contributed by atoms with E-state index in [1.165, 1.54) is 54.5 Å². The number of fused-ring (bicyclic) bond motifs is 1. The normalized spacial score (nSPS) is 19.6. The van der Waals surface area contributed by atoms with E-state index < -0.39 is 0 Å². The fraction of sp³-hybridized carbons (Fsp3) is 0.444. The highest BCUT2D eigenvalue weighted by Crippen LogP contribution is 2.38. The molecule has 104 valence electrons. The van der Waals surface area contributed by atoms with Crippen LogP contribution in [0.1, 0.15) is 64.1 Å². The van der Waals surface area contributed by atoms with Crippen molar-refractivity contribution in [1.29, 1.82) is 0 Å². The van der Waals surface area contributed by atoms with Crippen LogP contribution in [0.3, 0.4) is 0 Å². The van der Waals surface area contributed by atoms with Gasteiger partial charge in [-0.2, -0.15) is 0 Å². The lowest BCUT2D eigenvalue weighted by Gasteiger charge is -2.26. The number of benzene rings is 1. The molecule has 0 saturated heterocycles. The number of hydrogen-bond donors (Lipinski definition) is 1. The minimum absolute atomic E-state index is 0.0565. The number of thiophene rings is 1. The van der Waals surface area contributed by atoms with Crippen LogP contribution in [0.25, 0.3) is 0 Å². The second kappa shape index (κ2) is 5.01. The molecule has 1 nitrogen and oxygen atoms in total. The first-order valence-electron chi connectivity index (χ1n) is 7.78. The largest absolute Gasteiger partial charge is 0.320 e. The number of nitrogens with two attached hydrogens (primary N) is 1. The lowest BCUT2D eigenvalue weighted by molar-refractivity contribution is 0.419. The first kappa shape index (κ1) is 12.6. The third kappa shape index (κ3) is 2.11. The Kier molecular flexibility index (Phi) is 3.16. The van der Waals surface area contributed by atoms with Crippen LogP contribution in [0, 0.1) is 0 Å². The van der Waals surface area contributed by atoms with E-state index in [4.69, 9.17) is 5.73 Å². The highest BCUT2D eigenvalue weighted by atomic mass is 32.1. The van der Waals surface area contributed by atoms with Crippen molar-refractivity contribution in [3.8, 4) is 0 Å². The van der Waals surface area contributed by atoms with E-state index in [0.717, 1.165) is 5.92 Å². The summed E-state index contributed by atoms with van der Waals surface area (Å²) < 4.78 is 0. The summed E-state index contributed by atoms with van der Waals surface area (Å²) in [5, 5.41) is 0. The van der Waals surface area contributed by atoms with Crippen LogP contribution >= 0.6 is 11.3 Å². The number of hydrogen-bond acceptors (Lipinski definition) is 2. The molecule has 0 radical (unpaired) electrons. The number of aryl methyl sites for hydroxylation is 2. The zero-order chi connectivity index (χ0) is 13.5. The van der Waals surface area contributed by atoms with Gasteiger partial charge < -0.3 is 5.73 Å². The van der Waals surface area contributed by atoms with Gasteiger partial charge in [0, 0.05) is 9.75 Å². The van der Waals surface area contributed by atoms with Gasteiger partial charge in [-0.15, -0.1) is 11.3 Å². The second-order valence-corrected chi connectivity index (χ2v) is 7.39.